The average Bonchev–Trinajstić information content (AvgIpc) is 2.34. The van der Waals surface area contributed by atoms with E-state index >= 15 is 0 Å². The number of hydrogen-bond donors (Lipinski definition) is 1. The molecular weight excluding hydrogens is 194 g/mol. The lowest BCUT2D eigenvalue weighted by molar-refractivity contribution is 0.276. The van der Waals surface area contributed by atoms with Crippen LogP contribution < -0.4 is 5.32 Å². The Morgan fingerprint density at radius 3 is 2.50 bits per heavy atom. The summed E-state index contributed by atoms with van der Waals surface area (Å²) < 4.78 is 0. The molecule has 1 heteroatoms. The molecule has 0 bridgehead atoms. The first-order valence-electron chi connectivity index (χ1n) is 7.54. The Morgan fingerprint density at radius 1 is 1.00 bits per heavy atom. The lowest BCUT2D eigenvalue weighted by Crippen LogP contribution is -2.31. The van der Waals surface area contributed by atoms with Crippen LogP contribution in [0.25, 0.3) is 0 Å². The zero-order valence-electron chi connectivity index (χ0n) is 11.4. The van der Waals surface area contributed by atoms with Crippen molar-refractivity contribution >= 4 is 0 Å². The van der Waals surface area contributed by atoms with Crippen molar-refractivity contribution in [2.24, 2.45) is 5.92 Å². The van der Waals surface area contributed by atoms with Gasteiger partial charge in [-0.3, -0.25) is 0 Å². The summed E-state index contributed by atoms with van der Waals surface area (Å²) in [5, 5.41) is 3.45. The summed E-state index contributed by atoms with van der Waals surface area (Å²) in [4.78, 5) is 0. The molecule has 1 aliphatic carbocycles. The van der Waals surface area contributed by atoms with Crippen LogP contribution in [-0.2, 0) is 0 Å². The molecule has 1 N–H and O–H groups in total. The van der Waals surface area contributed by atoms with Crippen molar-refractivity contribution in [3.8, 4) is 0 Å². The third kappa shape index (κ3) is 5.89. The van der Waals surface area contributed by atoms with E-state index in [0.29, 0.717) is 0 Å². The highest BCUT2D eigenvalue weighted by molar-refractivity contribution is 4.76. The summed E-state index contributed by atoms with van der Waals surface area (Å²) in [5.74, 6) is 1.03. The molecule has 0 aromatic heterocycles. The third-order valence-corrected chi connectivity index (χ3v) is 4.16. The van der Waals surface area contributed by atoms with Crippen LogP contribution in [0.15, 0.2) is 0 Å². The van der Waals surface area contributed by atoms with Gasteiger partial charge in [0.2, 0.25) is 0 Å². The van der Waals surface area contributed by atoms with Gasteiger partial charge < -0.3 is 5.32 Å². The second-order valence-electron chi connectivity index (χ2n) is 5.57. The fraction of sp³-hybridized carbons (Fsp3) is 1.00. The van der Waals surface area contributed by atoms with Crippen molar-refractivity contribution in [3.63, 3.8) is 0 Å². The van der Waals surface area contributed by atoms with Gasteiger partial charge in [0.1, 0.15) is 0 Å². The van der Waals surface area contributed by atoms with E-state index < -0.39 is 0 Å². The van der Waals surface area contributed by atoms with Crippen molar-refractivity contribution in [3.05, 3.63) is 0 Å². The van der Waals surface area contributed by atoms with Crippen molar-refractivity contribution in [2.75, 3.05) is 7.05 Å². The molecule has 0 saturated heterocycles. The maximum atomic E-state index is 3.45. The maximum absolute atomic E-state index is 3.45. The molecule has 2 atom stereocenters. The summed E-state index contributed by atoms with van der Waals surface area (Å²) in [6.45, 7) is 2.29. The van der Waals surface area contributed by atoms with E-state index in [1.165, 1.54) is 70.6 Å². The van der Waals surface area contributed by atoms with E-state index in [2.05, 4.69) is 19.3 Å². The average molecular weight is 225 g/mol. The van der Waals surface area contributed by atoms with Crippen LogP contribution in [0.1, 0.15) is 77.6 Å². The number of nitrogens with one attached hydrogen (secondary N) is 1. The first-order valence-corrected chi connectivity index (χ1v) is 7.54. The Balaban J connectivity index is 1.95. The minimum absolute atomic E-state index is 0.818. The van der Waals surface area contributed by atoms with E-state index in [9.17, 15) is 0 Å². The largest absolute Gasteiger partial charge is 0.317 e. The molecule has 1 nitrogen and oxygen atoms in total. The molecule has 96 valence electrons. The topological polar surface area (TPSA) is 12.0 Å². The quantitative estimate of drug-likeness (QED) is 0.599. The lowest BCUT2D eigenvalue weighted by Gasteiger charge is -2.28. The third-order valence-electron chi connectivity index (χ3n) is 4.16. The first kappa shape index (κ1) is 14.0. The van der Waals surface area contributed by atoms with Gasteiger partial charge in [-0.05, 0) is 25.8 Å². The highest BCUT2D eigenvalue weighted by Crippen LogP contribution is 2.28. The molecule has 0 spiro atoms. The Hall–Kier alpha value is -0.0400. The monoisotopic (exact) mass is 225 g/mol. The van der Waals surface area contributed by atoms with Gasteiger partial charge >= 0.3 is 0 Å². The van der Waals surface area contributed by atoms with Crippen molar-refractivity contribution in [2.45, 2.75) is 83.6 Å². The van der Waals surface area contributed by atoms with Gasteiger partial charge in [-0.2, -0.15) is 0 Å². The van der Waals surface area contributed by atoms with Crippen LogP contribution in [0, 0.1) is 5.92 Å². The maximum Gasteiger partial charge on any atom is 0.00667 e. The predicted octanol–water partition coefficient (Wildman–Crippen LogP) is 4.52. The van der Waals surface area contributed by atoms with E-state index in [0.717, 1.165) is 12.0 Å². The Morgan fingerprint density at radius 2 is 1.75 bits per heavy atom. The van der Waals surface area contributed by atoms with Crippen LogP contribution in [-0.4, -0.2) is 13.1 Å². The molecule has 2 unspecified atom stereocenters. The summed E-state index contributed by atoms with van der Waals surface area (Å²) >= 11 is 0. The zero-order valence-corrected chi connectivity index (χ0v) is 11.4. The SMILES string of the molecule is CCCCCCCCC1CCCC(NC)C1. The Bertz CT molecular complexity index is 156. The molecule has 0 heterocycles. The van der Waals surface area contributed by atoms with Gasteiger partial charge in [0, 0.05) is 6.04 Å². The molecule has 16 heavy (non-hydrogen) atoms. The van der Waals surface area contributed by atoms with E-state index in [-0.39, 0.29) is 0 Å². The molecule has 0 radical (unpaired) electrons. The van der Waals surface area contributed by atoms with Gasteiger partial charge in [0.15, 0.2) is 0 Å². The van der Waals surface area contributed by atoms with Crippen molar-refractivity contribution in [1.82, 2.24) is 5.32 Å². The number of rotatable bonds is 8. The number of hydrogen-bond acceptors (Lipinski definition) is 1. The Labute approximate surface area is 102 Å². The van der Waals surface area contributed by atoms with Crippen molar-refractivity contribution in [1.29, 1.82) is 0 Å². The molecule has 0 aromatic carbocycles. The lowest BCUT2D eigenvalue weighted by atomic mass is 9.82. The molecule has 0 aromatic rings. The summed E-state index contributed by atoms with van der Waals surface area (Å²) in [5.41, 5.74) is 0. The molecular formula is C15H31N. The molecule has 1 fully saturated rings. The van der Waals surface area contributed by atoms with E-state index in [1.54, 1.807) is 0 Å². The second-order valence-corrected chi connectivity index (χ2v) is 5.57. The summed E-state index contributed by atoms with van der Waals surface area (Å²) in [7, 11) is 2.12. The van der Waals surface area contributed by atoms with Crippen LogP contribution in [0.4, 0.5) is 0 Å². The van der Waals surface area contributed by atoms with Gasteiger partial charge in [-0.25, -0.2) is 0 Å². The molecule has 1 aliphatic rings. The highest BCUT2D eigenvalue weighted by Gasteiger charge is 2.19. The first-order chi connectivity index (χ1) is 7.86. The fourth-order valence-electron chi connectivity index (χ4n) is 3.03. The fourth-order valence-corrected chi connectivity index (χ4v) is 3.03. The molecule has 0 amide bonds. The van der Waals surface area contributed by atoms with Crippen LogP contribution in [0.5, 0.6) is 0 Å². The van der Waals surface area contributed by atoms with E-state index in [1.807, 2.05) is 0 Å². The Kier molecular flexibility index (Phi) is 7.92. The van der Waals surface area contributed by atoms with Gasteiger partial charge in [0.25, 0.3) is 0 Å². The zero-order chi connectivity index (χ0) is 11.6. The minimum atomic E-state index is 0.818. The number of unbranched alkanes of at least 4 members (excludes halogenated alkanes) is 5. The summed E-state index contributed by atoms with van der Waals surface area (Å²) in [6, 6.07) is 0.818. The predicted molar refractivity (Wildman–Crippen MR) is 72.8 cm³/mol. The second kappa shape index (κ2) is 9.04. The van der Waals surface area contributed by atoms with E-state index in [4.69, 9.17) is 0 Å². The highest BCUT2D eigenvalue weighted by atomic mass is 14.9. The van der Waals surface area contributed by atoms with Gasteiger partial charge in [-0.1, -0.05) is 64.7 Å². The smallest absolute Gasteiger partial charge is 0.00667 e. The normalized spacial score (nSPS) is 25.9. The molecule has 1 saturated carbocycles. The minimum Gasteiger partial charge on any atom is -0.317 e. The molecule has 1 rings (SSSR count). The molecule has 0 aliphatic heterocycles. The standard InChI is InChI=1S/C15H31N/c1-3-4-5-6-7-8-10-14-11-9-12-15(13-14)16-2/h14-16H,3-13H2,1-2H3. The van der Waals surface area contributed by atoms with Gasteiger partial charge in [0.05, 0.1) is 0 Å². The summed E-state index contributed by atoms with van der Waals surface area (Å²) in [6.07, 6.45) is 16.0. The van der Waals surface area contributed by atoms with Gasteiger partial charge in [-0.15, -0.1) is 0 Å². The van der Waals surface area contributed by atoms with Crippen LogP contribution in [0.2, 0.25) is 0 Å². The van der Waals surface area contributed by atoms with Crippen LogP contribution in [0.3, 0.4) is 0 Å². The van der Waals surface area contributed by atoms with Crippen molar-refractivity contribution < 1.29 is 0 Å². The van der Waals surface area contributed by atoms with Crippen LogP contribution >= 0.6 is 0 Å².